The maximum atomic E-state index is 12.6. The molecule has 2 heterocycles. The molecule has 1 aliphatic rings. The Bertz CT molecular complexity index is 808. The summed E-state index contributed by atoms with van der Waals surface area (Å²) in [5.41, 5.74) is 0.0424. The summed E-state index contributed by atoms with van der Waals surface area (Å²) in [5.74, 6) is -0.859. The molecule has 23 heavy (non-hydrogen) atoms. The third-order valence-electron chi connectivity index (χ3n) is 3.26. The fourth-order valence-corrected chi connectivity index (χ4v) is 2.21. The van der Waals surface area contributed by atoms with Gasteiger partial charge in [0.1, 0.15) is 17.1 Å². The van der Waals surface area contributed by atoms with Gasteiger partial charge in [0.05, 0.1) is 19.1 Å². The Kier molecular flexibility index (Phi) is 3.68. The topological polar surface area (TPSA) is 88.8 Å². The van der Waals surface area contributed by atoms with Gasteiger partial charge < -0.3 is 9.15 Å². The van der Waals surface area contributed by atoms with Gasteiger partial charge in [0.15, 0.2) is 0 Å². The molecule has 3 rings (SSSR count). The number of imide groups is 2. The predicted molar refractivity (Wildman–Crippen MR) is 80.7 cm³/mol. The first-order valence-electron chi connectivity index (χ1n) is 6.70. The third kappa shape index (κ3) is 2.59. The monoisotopic (exact) mass is 312 g/mol. The second-order valence-electron chi connectivity index (χ2n) is 4.65. The summed E-state index contributed by atoms with van der Waals surface area (Å²) >= 11 is 0. The van der Waals surface area contributed by atoms with Gasteiger partial charge in [0.25, 0.3) is 11.8 Å². The van der Waals surface area contributed by atoms with Gasteiger partial charge in [0.2, 0.25) is 0 Å². The highest BCUT2D eigenvalue weighted by Gasteiger charge is 2.38. The van der Waals surface area contributed by atoms with Crippen molar-refractivity contribution in [3.8, 4) is 5.75 Å². The van der Waals surface area contributed by atoms with Crippen molar-refractivity contribution in [1.29, 1.82) is 0 Å². The smallest absolute Gasteiger partial charge is 0.336 e. The zero-order valence-electron chi connectivity index (χ0n) is 12.1. The van der Waals surface area contributed by atoms with Gasteiger partial charge in [0, 0.05) is 0 Å². The number of benzene rings is 1. The normalized spacial score (nSPS) is 16.7. The summed E-state index contributed by atoms with van der Waals surface area (Å²) < 4.78 is 10.3. The molecule has 0 radical (unpaired) electrons. The molecule has 0 spiro atoms. The summed E-state index contributed by atoms with van der Waals surface area (Å²) in [6.45, 7) is 0. The van der Waals surface area contributed by atoms with Gasteiger partial charge in [-0.15, -0.1) is 0 Å². The van der Waals surface area contributed by atoms with Crippen LogP contribution in [-0.4, -0.2) is 25.0 Å². The predicted octanol–water partition coefficient (Wildman–Crippen LogP) is 1.95. The van der Waals surface area contributed by atoms with Gasteiger partial charge in [-0.25, -0.2) is 9.69 Å². The SMILES string of the molecule is COc1ccccc1N1C(=O)NC(=O)C(=Cc2ccco2)C1=O. The first-order valence-corrected chi connectivity index (χ1v) is 6.70. The number of nitrogens with one attached hydrogen (secondary N) is 1. The Morgan fingerprint density at radius 1 is 1.13 bits per heavy atom. The number of methoxy groups -OCH3 is 1. The first-order chi connectivity index (χ1) is 11.1. The van der Waals surface area contributed by atoms with E-state index in [4.69, 9.17) is 9.15 Å². The Hall–Kier alpha value is -3.35. The van der Waals surface area contributed by atoms with Crippen molar-refractivity contribution in [3.05, 3.63) is 54.0 Å². The van der Waals surface area contributed by atoms with Gasteiger partial charge in [-0.05, 0) is 30.3 Å². The van der Waals surface area contributed by atoms with Crippen LogP contribution in [0.25, 0.3) is 6.08 Å². The number of para-hydroxylation sites is 2. The molecular weight excluding hydrogens is 300 g/mol. The molecule has 2 aromatic rings. The molecule has 0 saturated carbocycles. The lowest BCUT2D eigenvalue weighted by molar-refractivity contribution is -0.122. The molecule has 0 aliphatic carbocycles. The van der Waals surface area contributed by atoms with Crippen molar-refractivity contribution in [2.24, 2.45) is 0 Å². The van der Waals surface area contributed by atoms with E-state index in [1.165, 1.54) is 19.4 Å². The molecule has 1 aliphatic heterocycles. The molecule has 1 aromatic heterocycles. The molecule has 1 aromatic carbocycles. The lowest BCUT2D eigenvalue weighted by Gasteiger charge is -2.27. The van der Waals surface area contributed by atoms with Crippen LogP contribution < -0.4 is 15.0 Å². The number of urea groups is 1. The maximum absolute atomic E-state index is 12.6. The number of ether oxygens (including phenoxy) is 1. The third-order valence-corrected chi connectivity index (χ3v) is 3.26. The fraction of sp³-hybridized carbons (Fsp3) is 0.0625. The van der Waals surface area contributed by atoms with Crippen molar-refractivity contribution < 1.29 is 23.5 Å². The van der Waals surface area contributed by atoms with E-state index >= 15 is 0 Å². The van der Waals surface area contributed by atoms with E-state index in [2.05, 4.69) is 5.32 Å². The Balaban J connectivity index is 2.05. The number of carbonyl (C=O) groups is 3. The highest BCUT2D eigenvalue weighted by Crippen LogP contribution is 2.30. The highest BCUT2D eigenvalue weighted by molar-refractivity contribution is 6.39. The minimum absolute atomic E-state index is 0.203. The lowest BCUT2D eigenvalue weighted by atomic mass is 10.1. The van der Waals surface area contributed by atoms with Crippen molar-refractivity contribution in [1.82, 2.24) is 5.32 Å². The van der Waals surface area contributed by atoms with E-state index in [0.717, 1.165) is 4.90 Å². The average molecular weight is 312 g/mol. The van der Waals surface area contributed by atoms with E-state index < -0.39 is 17.8 Å². The van der Waals surface area contributed by atoms with Gasteiger partial charge in [-0.1, -0.05) is 12.1 Å². The highest BCUT2D eigenvalue weighted by atomic mass is 16.5. The lowest BCUT2D eigenvalue weighted by Crippen LogP contribution is -2.54. The van der Waals surface area contributed by atoms with Crippen LogP contribution in [0, 0.1) is 0 Å². The van der Waals surface area contributed by atoms with Crippen LogP contribution in [0.2, 0.25) is 0 Å². The van der Waals surface area contributed by atoms with Crippen molar-refractivity contribution in [3.63, 3.8) is 0 Å². The molecule has 7 heteroatoms. The maximum Gasteiger partial charge on any atom is 0.336 e. The Morgan fingerprint density at radius 3 is 2.61 bits per heavy atom. The summed E-state index contributed by atoms with van der Waals surface area (Å²) in [7, 11) is 1.43. The minimum atomic E-state index is -0.832. The van der Waals surface area contributed by atoms with Gasteiger partial charge >= 0.3 is 6.03 Å². The number of furan rings is 1. The molecule has 1 saturated heterocycles. The van der Waals surface area contributed by atoms with Crippen LogP contribution in [0.4, 0.5) is 10.5 Å². The van der Waals surface area contributed by atoms with Crippen molar-refractivity contribution in [2.45, 2.75) is 0 Å². The van der Waals surface area contributed by atoms with Crippen LogP contribution >= 0.6 is 0 Å². The number of nitrogens with zero attached hydrogens (tertiary/aromatic N) is 1. The summed E-state index contributed by atoms with van der Waals surface area (Å²) in [6, 6.07) is 8.92. The molecule has 0 atom stereocenters. The fourth-order valence-electron chi connectivity index (χ4n) is 2.21. The second-order valence-corrected chi connectivity index (χ2v) is 4.65. The number of carbonyl (C=O) groups excluding carboxylic acids is 3. The van der Waals surface area contributed by atoms with E-state index in [1.807, 2.05) is 0 Å². The largest absolute Gasteiger partial charge is 0.495 e. The van der Waals surface area contributed by atoms with Gasteiger partial charge in [-0.3, -0.25) is 14.9 Å². The summed E-state index contributed by atoms with van der Waals surface area (Å²) in [6.07, 6.45) is 2.70. The van der Waals surface area contributed by atoms with Crippen LogP contribution in [-0.2, 0) is 9.59 Å². The van der Waals surface area contributed by atoms with Crippen molar-refractivity contribution in [2.75, 3.05) is 12.0 Å². The molecule has 4 amide bonds. The van der Waals surface area contributed by atoms with E-state index in [9.17, 15) is 14.4 Å². The minimum Gasteiger partial charge on any atom is -0.495 e. The standard InChI is InChI=1S/C16H12N2O5/c1-22-13-7-3-2-6-12(13)18-15(20)11(14(19)17-16(18)21)9-10-5-4-8-23-10/h2-9H,1H3,(H,17,19,21). The number of hydrogen-bond acceptors (Lipinski definition) is 5. The number of hydrogen-bond donors (Lipinski definition) is 1. The zero-order chi connectivity index (χ0) is 16.4. The van der Waals surface area contributed by atoms with Crippen molar-refractivity contribution >= 4 is 29.6 Å². The number of barbiturate groups is 1. The van der Waals surface area contributed by atoms with Crippen LogP contribution in [0.3, 0.4) is 0 Å². The Morgan fingerprint density at radius 2 is 1.91 bits per heavy atom. The van der Waals surface area contributed by atoms with Crippen LogP contribution in [0.1, 0.15) is 5.76 Å². The van der Waals surface area contributed by atoms with E-state index in [1.54, 1.807) is 36.4 Å². The zero-order valence-corrected chi connectivity index (χ0v) is 12.1. The molecule has 116 valence electrons. The summed E-state index contributed by atoms with van der Waals surface area (Å²) in [5, 5.41) is 2.13. The molecule has 0 bridgehead atoms. The van der Waals surface area contributed by atoms with E-state index in [-0.39, 0.29) is 11.3 Å². The number of amides is 4. The molecule has 1 fully saturated rings. The number of rotatable bonds is 3. The van der Waals surface area contributed by atoms with E-state index in [0.29, 0.717) is 11.5 Å². The average Bonchev–Trinajstić information content (AvgIpc) is 3.05. The van der Waals surface area contributed by atoms with Crippen LogP contribution in [0.15, 0.2) is 52.7 Å². The molecule has 1 N–H and O–H groups in total. The molecule has 7 nitrogen and oxygen atoms in total. The quantitative estimate of drug-likeness (QED) is 0.691. The molecular formula is C16H12N2O5. The van der Waals surface area contributed by atoms with Crippen LogP contribution in [0.5, 0.6) is 5.75 Å². The molecule has 0 unspecified atom stereocenters. The van der Waals surface area contributed by atoms with Gasteiger partial charge in [-0.2, -0.15) is 0 Å². The number of anilines is 1. The summed E-state index contributed by atoms with van der Waals surface area (Å²) in [4.78, 5) is 37.5. The second kappa shape index (κ2) is 5.80. The first kappa shape index (κ1) is 14.6. The Labute approximate surface area is 131 Å².